The Morgan fingerprint density at radius 2 is 1.71 bits per heavy atom. The summed E-state index contributed by atoms with van der Waals surface area (Å²) in [6, 6.07) is 5.80. The molecule has 4 N–H and O–H groups in total. The first kappa shape index (κ1) is 23.6. The number of rotatable bonds is 10. The number of esters is 1. The first-order valence-corrected chi connectivity index (χ1v) is 9.33. The van der Waals surface area contributed by atoms with Gasteiger partial charge in [-0.1, -0.05) is 26.0 Å². The fraction of sp³-hybridized carbons (Fsp3) is 0.550. The number of amides is 2. The maximum atomic E-state index is 12.3. The molecule has 0 aliphatic heterocycles. The van der Waals surface area contributed by atoms with Crippen molar-refractivity contribution in [3.63, 3.8) is 0 Å². The predicted molar refractivity (Wildman–Crippen MR) is 104 cm³/mol. The van der Waals surface area contributed by atoms with E-state index in [1.165, 1.54) is 6.92 Å². The van der Waals surface area contributed by atoms with Gasteiger partial charge in [0.15, 0.2) is 6.10 Å². The molecule has 0 heterocycles. The van der Waals surface area contributed by atoms with E-state index in [1.807, 2.05) is 13.8 Å². The van der Waals surface area contributed by atoms with E-state index >= 15 is 0 Å². The van der Waals surface area contributed by atoms with Crippen LogP contribution in [0.15, 0.2) is 24.3 Å². The van der Waals surface area contributed by atoms with Crippen molar-refractivity contribution < 1.29 is 29.3 Å². The predicted octanol–water partition coefficient (Wildman–Crippen LogP) is 1.00. The number of hydrogen-bond donors (Lipinski definition) is 4. The van der Waals surface area contributed by atoms with Crippen LogP contribution in [0, 0.1) is 5.92 Å². The number of benzene rings is 1. The normalized spacial score (nSPS) is 14.1. The maximum absolute atomic E-state index is 12.3. The molecular formula is C20H30N2O6. The third-order valence-corrected chi connectivity index (χ3v) is 3.95. The Labute approximate surface area is 165 Å². The molecule has 28 heavy (non-hydrogen) atoms. The van der Waals surface area contributed by atoms with Crippen molar-refractivity contribution in [2.24, 2.45) is 5.92 Å². The van der Waals surface area contributed by atoms with Crippen LogP contribution in [-0.2, 0) is 25.5 Å². The van der Waals surface area contributed by atoms with Crippen molar-refractivity contribution in [1.29, 1.82) is 0 Å². The zero-order valence-corrected chi connectivity index (χ0v) is 16.8. The SMILES string of the molecule is CCOC(=O)C(CC(C)C)NC(=O)[C@@H](O)[C@@H](O)Cc1ccc(NC(C)=O)cc1. The van der Waals surface area contributed by atoms with E-state index in [4.69, 9.17) is 4.74 Å². The zero-order valence-electron chi connectivity index (χ0n) is 16.8. The van der Waals surface area contributed by atoms with Crippen molar-refractivity contribution >= 4 is 23.5 Å². The van der Waals surface area contributed by atoms with Crippen LogP contribution in [0.4, 0.5) is 5.69 Å². The third-order valence-electron chi connectivity index (χ3n) is 3.95. The molecule has 1 aromatic carbocycles. The van der Waals surface area contributed by atoms with Crippen molar-refractivity contribution in [3.05, 3.63) is 29.8 Å². The number of aliphatic hydroxyl groups is 2. The van der Waals surface area contributed by atoms with Crippen molar-refractivity contribution in [2.75, 3.05) is 11.9 Å². The molecule has 1 aromatic rings. The van der Waals surface area contributed by atoms with Crippen LogP contribution >= 0.6 is 0 Å². The Balaban J connectivity index is 2.69. The molecule has 1 unspecified atom stereocenters. The van der Waals surface area contributed by atoms with Gasteiger partial charge in [0.1, 0.15) is 6.04 Å². The molecule has 0 radical (unpaired) electrons. The highest BCUT2D eigenvalue weighted by Crippen LogP contribution is 2.13. The summed E-state index contributed by atoms with van der Waals surface area (Å²) in [6.45, 7) is 7.04. The topological polar surface area (TPSA) is 125 Å². The van der Waals surface area contributed by atoms with Gasteiger partial charge in [-0.25, -0.2) is 4.79 Å². The number of nitrogens with one attached hydrogen (secondary N) is 2. The van der Waals surface area contributed by atoms with Crippen LogP contribution in [0.25, 0.3) is 0 Å². The summed E-state index contributed by atoms with van der Waals surface area (Å²) in [5.41, 5.74) is 1.28. The van der Waals surface area contributed by atoms with Crippen molar-refractivity contribution in [1.82, 2.24) is 5.32 Å². The second-order valence-electron chi connectivity index (χ2n) is 7.04. The average molecular weight is 394 g/mol. The summed E-state index contributed by atoms with van der Waals surface area (Å²) in [4.78, 5) is 35.3. The molecule has 2 amide bonds. The van der Waals surface area contributed by atoms with Gasteiger partial charge in [-0.05, 0) is 37.0 Å². The lowest BCUT2D eigenvalue weighted by atomic mass is 10.0. The second kappa shape index (κ2) is 11.4. The van der Waals surface area contributed by atoms with Crippen molar-refractivity contribution in [2.45, 2.75) is 58.8 Å². The molecule has 0 fully saturated rings. The standard InChI is InChI=1S/C20H30N2O6/c1-5-28-20(27)16(10-12(2)3)22-19(26)18(25)17(24)11-14-6-8-15(9-7-14)21-13(4)23/h6-9,12,16-18,24-25H,5,10-11H2,1-4H3,(H,21,23)(H,22,26)/t16?,17-,18-/m0/s1. The zero-order chi connectivity index (χ0) is 21.3. The minimum absolute atomic E-state index is 0.0309. The lowest BCUT2D eigenvalue weighted by molar-refractivity contribution is -0.150. The molecule has 1 rings (SSSR count). The van der Waals surface area contributed by atoms with Gasteiger partial charge in [-0.15, -0.1) is 0 Å². The van der Waals surface area contributed by atoms with Gasteiger partial charge in [-0.3, -0.25) is 9.59 Å². The Hall–Kier alpha value is -2.45. The number of aliphatic hydroxyl groups excluding tert-OH is 2. The summed E-state index contributed by atoms with van der Waals surface area (Å²) in [5, 5.41) is 25.4. The highest BCUT2D eigenvalue weighted by atomic mass is 16.5. The average Bonchev–Trinajstić information content (AvgIpc) is 2.61. The molecule has 0 aliphatic rings. The van der Waals surface area contributed by atoms with E-state index in [0.29, 0.717) is 17.7 Å². The first-order chi connectivity index (χ1) is 13.1. The Morgan fingerprint density at radius 3 is 2.21 bits per heavy atom. The molecule has 0 saturated carbocycles. The Morgan fingerprint density at radius 1 is 1.11 bits per heavy atom. The smallest absolute Gasteiger partial charge is 0.328 e. The monoisotopic (exact) mass is 394 g/mol. The molecule has 8 heteroatoms. The van der Waals surface area contributed by atoms with E-state index in [1.54, 1.807) is 31.2 Å². The van der Waals surface area contributed by atoms with E-state index in [9.17, 15) is 24.6 Å². The van der Waals surface area contributed by atoms with E-state index in [0.717, 1.165) is 0 Å². The quantitative estimate of drug-likeness (QED) is 0.439. The minimum Gasteiger partial charge on any atom is -0.464 e. The summed E-state index contributed by atoms with van der Waals surface area (Å²) >= 11 is 0. The molecule has 8 nitrogen and oxygen atoms in total. The minimum atomic E-state index is -1.70. The van der Waals surface area contributed by atoms with Crippen LogP contribution in [0.3, 0.4) is 0 Å². The van der Waals surface area contributed by atoms with Crippen molar-refractivity contribution in [3.8, 4) is 0 Å². The molecule has 156 valence electrons. The van der Waals surface area contributed by atoms with Gasteiger partial charge >= 0.3 is 5.97 Å². The summed E-state index contributed by atoms with van der Waals surface area (Å²) in [6.07, 6.45) is -2.66. The molecule has 0 bridgehead atoms. The van der Waals surface area contributed by atoms with Gasteiger partial charge in [0.05, 0.1) is 12.7 Å². The summed E-state index contributed by atoms with van der Waals surface area (Å²) < 4.78 is 4.95. The number of hydrogen-bond acceptors (Lipinski definition) is 6. The maximum Gasteiger partial charge on any atom is 0.328 e. The van der Waals surface area contributed by atoms with Gasteiger partial charge in [0, 0.05) is 19.0 Å². The molecule has 0 saturated heterocycles. The second-order valence-corrected chi connectivity index (χ2v) is 7.04. The highest BCUT2D eigenvalue weighted by molar-refractivity contribution is 5.88. The number of ether oxygens (including phenoxy) is 1. The Bertz CT molecular complexity index is 659. The number of carbonyl (C=O) groups excluding carboxylic acids is 3. The van der Waals surface area contributed by atoms with Crippen LogP contribution in [-0.4, -0.2) is 52.9 Å². The molecule has 0 aliphatic carbocycles. The van der Waals surface area contributed by atoms with E-state index in [2.05, 4.69) is 10.6 Å². The van der Waals surface area contributed by atoms with E-state index < -0.39 is 30.1 Å². The summed E-state index contributed by atoms with van der Waals surface area (Å²) in [7, 11) is 0. The van der Waals surface area contributed by atoms with Crippen LogP contribution < -0.4 is 10.6 Å². The lowest BCUT2D eigenvalue weighted by Crippen LogP contribution is -2.50. The Kier molecular flexibility index (Phi) is 9.61. The molecule has 3 atom stereocenters. The van der Waals surface area contributed by atoms with E-state index in [-0.39, 0.29) is 24.9 Å². The van der Waals surface area contributed by atoms with Crippen LogP contribution in [0.5, 0.6) is 0 Å². The first-order valence-electron chi connectivity index (χ1n) is 9.33. The van der Waals surface area contributed by atoms with Gasteiger partial charge in [0.25, 0.3) is 5.91 Å². The van der Waals surface area contributed by atoms with Gasteiger partial charge in [0.2, 0.25) is 5.91 Å². The number of carbonyl (C=O) groups is 3. The third kappa shape index (κ3) is 8.06. The molecular weight excluding hydrogens is 364 g/mol. The fourth-order valence-corrected chi connectivity index (χ4v) is 2.64. The molecule has 0 aromatic heterocycles. The van der Waals surface area contributed by atoms with Crippen LogP contribution in [0.1, 0.15) is 39.7 Å². The largest absolute Gasteiger partial charge is 0.464 e. The lowest BCUT2D eigenvalue weighted by Gasteiger charge is -2.23. The van der Waals surface area contributed by atoms with Gasteiger partial charge < -0.3 is 25.6 Å². The highest BCUT2D eigenvalue weighted by Gasteiger charge is 2.30. The van der Waals surface area contributed by atoms with Gasteiger partial charge in [-0.2, -0.15) is 0 Å². The molecule has 0 spiro atoms. The summed E-state index contributed by atoms with van der Waals surface area (Å²) in [5.74, 6) is -1.47. The fourth-order valence-electron chi connectivity index (χ4n) is 2.64. The van der Waals surface area contributed by atoms with Crippen LogP contribution in [0.2, 0.25) is 0 Å². The number of anilines is 1.